The lowest BCUT2D eigenvalue weighted by Gasteiger charge is -2.07. The Morgan fingerprint density at radius 3 is 1.24 bits per heavy atom. The van der Waals surface area contributed by atoms with E-state index in [0.717, 1.165) is 6.42 Å². The van der Waals surface area contributed by atoms with Crippen molar-refractivity contribution in [1.29, 1.82) is 0 Å². The van der Waals surface area contributed by atoms with Crippen molar-refractivity contribution >= 4 is 0 Å². The van der Waals surface area contributed by atoms with Gasteiger partial charge in [0.15, 0.2) is 0 Å². The van der Waals surface area contributed by atoms with E-state index in [0.29, 0.717) is 6.04 Å². The number of unbranched alkanes of at least 4 members (excludes halogenated alkanes) is 12. The molecule has 0 aliphatic heterocycles. The van der Waals surface area contributed by atoms with Crippen molar-refractivity contribution < 1.29 is 0 Å². The highest BCUT2D eigenvalue weighted by atomic mass is 14.6. The summed E-state index contributed by atoms with van der Waals surface area (Å²) in [5.41, 5.74) is 5.91. The van der Waals surface area contributed by atoms with Gasteiger partial charge in [0.25, 0.3) is 0 Å². The van der Waals surface area contributed by atoms with E-state index in [1.807, 2.05) is 13.8 Å². The van der Waals surface area contributed by atoms with Crippen molar-refractivity contribution in [3.8, 4) is 0 Å². The first-order chi connectivity index (χ1) is 10.3. The maximum atomic E-state index is 5.91. The van der Waals surface area contributed by atoms with Gasteiger partial charge in [0, 0.05) is 6.04 Å². The monoisotopic (exact) mass is 299 g/mol. The van der Waals surface area contributed by atoms with E-state index < -0.39 is 0 Å². The molecule has 0 saturated heterocycles. The zero-order chi connectivity index (χ0) is 16.2. The van der Waals surface area contributed by atoms with Crippen molar-refractivity contribution in [2.75, 3.05) is 0 Å². The molecule has 0 amide bonds. The van der Waals surface area contributed by atoms with Gasteiger partial charge in [-0.3, -0.25) is 0 Å². The van der Waals surface area contributed by atoms with Crippen LogP contribution in [0.1, 0.15) is 124 Å². The lowest BCUT2D eigenvalue weighted by atomic mass is 10.0. The molecule has 0 aliphatic carbocycles. The SMILES string of the molecule is CC.CCCCCCCCCCCCCCCC(N)CC. The van der Waals surface area contributed by atoms with Gasteiger partial charge in [0.05, 0.1) is 0 Å². The van der Waals surface area contributed by atoms with Gasteiger partial charge in [-0.05, 0) is 12.8 Å². The first-order valence-electron chi connectivity index (χ1n) is 10.1. The van der Waals surface area contributed by atoms with Crippen LogP contribution in [-0.2, 0) is 0 Å². The lowest BCUT2D eigenvalue weighted by Crippen LogP contribution is -2.17. The first kappa shape index (κ1) is 23.2. The zero-order valence-corrected chi connectivity index (χ0v) is 15.8. The van der Waals surface area contributed by atoms with E-state index in [1.54, 1.807) is 0 Å². The normalized spacial score (nSPS) is 11.9. The highest BCUT2D eigenvalue weighted by Crippen LogP contribution is 2.13. The van der Waals surface area contributed by atoms with Crippen molar-refractivity contribution in [2.24, 2.45) is 5.73 Å². The summed E-state index contributed by atoms with van der Waals surface area (Å²) in [5.74, 6) is 0. The molecule has 1 nitrogen and oxygen atoms in total. The van der Waals surface area contributed by atoms with E-state index in [9.17, 15) is 0 Å². The van der Waals surface area contributed by atoms with E-state index >= 15 is 0 Å². The van der Waals surface area contributed by atoms with Crippen LogP contribution in [0.3, 0.4) is 0 Å². The van der Waals surface area contributed by atoms with Crippen LogP contribution < -0.4 is 5.73 Å². The summed E-state index contributed by atoms with van der Waals surface area (Å²) in [6.07, 6.45) is 21.0. The van der Waals surface area contributed by atoms with Crippen molar-refractivity contribution in [1.82, 2.24) is 0 Å². The molecule has 0 radical (unpaired) electrons. The molecule has 0 saturated carbocycles. The van der Waals surface area contributed by atoms with Crippen LogP contribution in [0.4, 0.5) is 0 Å². The molecule has 0 fully saturated rings. The van der Waals surface area contributed by atoms with E-state index in [4.69, 9.17) is 5.73 Å². The van der Waals surface area contributed by atoms with Crippen LogP contribution in [0.15, 0.2) is 0 Å². The molecular weight excluding hydrogens is 254 g/mol. The average molecular weight is 300 g/mol. The van der Waals surface area contributed by atoms with E-state index in [1.165, 1.54) is 89.9 Å². The third-order valence-electron chi connectivity index (χ3n) is 4.20. The zero-order valence-electron chi connectivity index (χ0n) is 15.8. The molecule has 0 heterocycles. The second-order valence-electron chi connectivity index (χ2n) is 6.20. The Kier molecular flexibility index (Phi) is 24.6. The van der Waals surface area contributed by atoms with Crippen LogP contribution in [0.25, 0.3) is 0 Å². The molecule has 0 rings (SSSR count). The van der Waals surface area contributed by atoms with Crippen LogP contribution in [0.2, 0.25) is 0 Å². The standard InChI is InChI=1S/C18H39N.C2H6/c1-3-5-6-7-8-9-10-11-12-13-14-15-16-17-18(19)4-2;1-2/h18H,3-17,19H2,1-2H3;1-2H3. The average Bonchev–Trinajstić information content (AvgIpc) is 2.53. The minimum Gasteiger partial charge on any atom is -0.328 e. The summed E-state index contributed by atoms with van der Waals surface area (Å²) in [6.45, 7) is 8.48. The second-order valence-corrected chi connectivity index (χ2v) is 6.20. The van der Waals surface area contributed by atoms with Crippen LogP contribution >= 0.6 is 0 Å². The van der Waals surface area contributed by atoms with E-state index in [2.05, 4.69) is 13.8 Å². The highest BCUT2D eigenvalue weighted by molar-refractivity contribution is 4.58. The Morgan fingerprint density at radius 2 is 0.905 bits per heavy atom. The molecule has 0 aliphatic rings. The maximum absolute atomic E-state index is 5.91. The molecular formula is C20H45N. The largest absolute Gasteiger partial charge is 0.328 e. The third-order valence-corrected chi connectivity index (χ3v) is 4.20. The third kappa shape index (κ3) is 22.4. The van der Waals surface area contributed by atoms with Crippen molar-refractivity contribution in [3.63, 3.8) is 0 Å². The fourth-order valence-electron chi connectivity index (χ4n) is 2.63. The summed E-state index contributed by atoms with van der Waals surface area (Å²) in [6, 6.07) is 0.452. The summed E-state index contributed by atoms with van der Waals surface area (Å²) >= 11 is 0. The van der Waals surface area contributed by atoms with Gasteiger partial charge < -0.3 is 5.73 Å². The minimum absolute atomic E-state index is 0.452. The molecule has 130 valence electrons. The molecule has 0 spiro atoms. The Labute approximate surface area is 136 Å². The minimum atomic E-state index is 0.452. The predicted octanol–water partition coefficient (Wildman–Crippen LogP) is 7.23. The summed E-state index contributed by atoms with van der Waals surface area (Å²) in [5, 5.41) is 0. The van der Waals surface area contributed by atoms with E-state index in [-0.39, 0.29) is 0 Å². The van der Waals surface area contributed by atoms with Crippen LogP contribution in [0.5, 0.6) is 0 Å². The van der Waals surface area contributed by atoms with Gasteiger partial charge in [-0.2, -0.15) is 0 Å². The second kappa shape index (κ2) is 22.2. The number of hydrogen-bond donors (Lipinski definition) is 1. The molecule has 0 aromatic carbocycles. The fraction of sp³-hybridized carbons (Fsp3) is 1.00. The topological polar surface area (TPSA) is 26.0 Å². The lowest BCUT2D eigenvalue weighted by molar-refractivity contribution is 0.511. The van der Waals surface area contributed by atoms with Crippen LogP contribution in [0, 0.1) is 0 Å². The quantitative estimate of drug-likeness (QED) is 0.317. The number of rotatable bonds is 15. The first-order valence-corrected chi connectivity index (χ1v) is 10.1. The molecule has 0 aromatic heterocycles. The molecule has 0 aromatic rings. The van der Waals surface area contributed by atoms with Gasteiger partial charge in [0.2, 0.25) is 0 Å². The maximum Gasteiger partial charge on any atom is 0.00362 e. The van der Waals surface area contributed by atoms with Gasteiger partial charge in [-0.25, -0.2) is 0 Å². The molecule has 1 heteroatoms. The van der Waals surface area contributed by atoms with Gasteiger partial charge >= 0.3 is 0 Å². The molecule has 2 N–H and O–H groups in total. The van der Waals surface area contributed by atoms with Crippen molar-refractivity contribution in [3.05, 3.63) is 0 Å². The summed E-state index contributed by atoms with van der Waals surface area (Å²) < 4.78 is 0. The Bertz CT molecular complexity index is 156. The number of hydrogen-bond acceptors (Lipinski definition) is 1. The summed E-state index contributed by atoms with van der Waals surface area (Å²) in [7, 11) is 0. The molecule has 1 atom stereocenters. The molecule has 0 bridgehead atoms. The highest BCUT2D eigenvalue weighted by Gasteiger charge is 1.98. The molecule has 21 heavy (non-hydrogen) atoms. The fourth-order valence-corrected chi connectivity index (χ4v) is 2.63. The van der Waals surface area contributed by atoms with Gasteiger partial charge in [-0.15, -0.1) is 0 Å². The Hall–Kier alpha value is -0.0400. The Balaban J connectivity index is 0. The number of nitrogens with two attached hydrogens (primary N) is 1. The molecule has 1 unspecified atom stereocenters. The summed E-state index contributed by atoms with van der Waals surface area (Å²) in [4.78, 5) is 0. The van der Waals surface area contributed by atoms with Crippen molar-refractivity contribution in [2.45, 2.75) is 130 Å². The van der Waals surface area contributed by atoms with Crippen LogP contribution in [-0.4, -0.2) is 6.04 Å². The van der Waals surface area contributed by atoms with Gasteiger partial charge in [0.1, 0.15) is 0 Å². The smallest absolute Gasteiger partial charge is 0.00362 e. The van der Waals surface area contributed by atoms with Gasteiger partial charge in [-0.1, -0.05) is 111 Å². The Morgan fingerprint density at radius 1 is 0.571 bits per heavy atom. The predicted molar refractivity (Wildman–Crippen MR) is 99.9 cm³/mol.